The molecule has 164 valence electrons. The molecule has 4 heterocycles. The van der Waals surface area contributed by atoms with Crippen LogP contribution < -0.4 is 15.9 Å². The van der Waals surface area contributed by atoms with E-state index < -0.39 is 0 Å². The fourth-order valence-corrected chi connectivity index (χ4v) is 4.16. The largest absolute Gasteiger partial charge is 0.480 e. The second-order valence-electron chi connectivity index (χ2n) is 7.96. The van der Waals surface area contributed by atoms with Crippen LogP contribution in [0.1, 0.15) is 43.1 Å². The number of aromatic amines is 1. The second kappa shape index (κ2) is 8.79. The average molecular weight is 425 g/mol. The van der Waals surface area contributed by atoms with E-state index in [1.807, 2.05) is 28.5 Å². The highest BCUT2D eigenvalue weighted by molar-refractivity contribution is 5.76. The number of amides is 1. The predicted molar refractivity (Wildman–Crippen MR) is 116 cm³/mol. The number of hydrogen-bond acceptors (Lipinski definition) is 5. The van der Waals surface area contributed by atoms with Crippen LogP contribution in [0, 0.1) is 6.92 Å². The molecule has 0 atom stereocenters. The molecule has 0 aliphatic carbocycles. The molecule has 9 heteroatoms. The summed E-state index contributed by atoms with van der Waals surface area (Å²) < 4.78 is 8.47. The van der Waals surface area contributed by atoms with Crippen LogP contribution in [-0.2, 0) is 11.2 Å². The number of H-pyrrole nitrogens is 1. The van der Waals surface area contributed by atoms with Gasteiger partial charge in [0.2, 0.25) is 11.8 Å². The molecule has 1 saturated heterocycles. The van der Waals surface area contributed by atoms with Crippen molar-refractivity contribution in [2.24, 2.45) is 0 Å². The summed E-state index contributed by atoms with van der Waals surface area (Å²) in [4.78, 5) is 41.7. The number of likely N-dealkylation sites (tertiary alicyclic amines) is 1. The van der Waals surface area contributed by atoms with E-state index in [1.54, 1.807) is 12.1 Å². The molecule has 9 nitrogen and oxygen atoms in total. The van der Waals surface area contributed by atoms with E-state index in [-0.39, 0.29) is 23.1 Å². The topological polar surface area (TPSA) is 102 Å². The number of piperidine rings is 1. The van der Waals surface area contributed by atoms with Gasteiger partial charge in [-0.25, -0.2) is 4.68 Å². The van der Waals surface area contributed by atoms with Crippen LogP contribution in [0.4, 0.5) is 0 Å². The number of aromatic nitrogens is 4. The average Bonchev–Trinajstić information content (AvgIpc) is 3.15. The highest BCUT2D eigenvalue weighted by Gasteiger charge is 2.25. The maximum absolute atomic E-state index is 12.6. The Balaban J connectivity index is 1.30. The maximum atomic E-state index is 12.6. The van der Waals surface area contributed by atoms with Gasteiger partial charge < -0.3 is 19.0 Å². The molecule has 4 rings (SSSR count). The van der Waals surface area contributed by atoms with E-state index in [4.69, 9.17) is 4.74 Å². The van der Waals surface area contributed by atoms with Crippen LogP contribution in [0.3, 0.4) is 0 Å². The van der Waals surface area contributed by atoms with E-state index in [1.165, 1.54) is 17.9 Å². The summed E-state index contributed by atoms with van der Waals surface area (Å²) in [7, 11) is 1.52. The van der Waals surface area contributed by atoms with E-state index in [0.717, 1.165) is 11.4 Å². The monoisotopic (exact) mass is 425 g/mol. The number of rotatable bonds is 6. The molecule has 31 heavy (non-hydrogen) atoms. The summed E-state index contributed by atoms with van der Waals surface area (Å²) >= 11 is 0. The van der Waals surface area contributed by atoms with Gasteiger partial charge in [-0.2, -0.15) is 0 Å². The molecular formula is C22H27N5O4. The minimum absolute atomic E-state index is 0.0340. The quantitative estimate of drug-likeness (QED) is 0.648. The van der Waals surface area contributed by atoms with Gasteiger partial charge in [0.15, 0.2) is 0 Å². The smallest absolute Gasteiger partial charge is 0.272 e. The molecular weight excluding hydrogens is 398 g/mol. The van der Waals surface area contributed by atoms with Gasteiger partial charge in [0.05, 0.1) is 13.2 Å². The summed E-state index contributed by atoms with van der Waals surface area (Å²) in [5.41, 5.74) is 2.19. The minimum Gasteiger partial charge on any atom is -0.480 e. The molecule has 1 fully saturated rings. The third kappa shape index (κ3) is 4.40. The first-order valence-corrected chi connectivity index (χ1v) is 10.6. The number of nitrogens with one attached hydrogen (secondary N) is 1. The second-order valence-corrected chi connectivity index (χ2v) is 7.96. The number of hydrogen-bond donors (Lipinski definition) is 1. The van der Waals surface area contributed by atoms with Crippen molar-refractivity contribution in [1.29, 1.82) is 0 Å². The van der Waals surface area contributed by atoms with Gasteiger partial charge >= 0.3 is 0 Å². The zero-order chi connectivity index (χ0) is 22.0. The number of nitrogens with zero attached hydrogens (tertiary/aromatic N) is 4. The van der Waals surface area contributed by atoms with Crippen LogP contribution in [0.25, 0.3) is 5.52 Å². The third-order valence-corrected chi connectivity index (χ3v) is 5.92. The Morgan fingerprint density at radius 1 is 1.19 bits per heavy atom. The Bertz CT molecular complexity index is 1200. The fraction of sp³-hybridized carbons (Fsp3) is 0.455. The van der Waals surface area contributed by atoms with Gasteiger partial charge in [-0.3, -0.25) is 14.4 Å². The molecule has 3 aromatic rings. The molecule has 0 unspecified atom stereocenters. The summed E-state index contributed by atoms with van der Waals surface area (Å²) in [6.07, 6.45) is 5.02. The highest BCUT2D eigenvalue weighted by Crippen LogP contribution is 2.22. The van der Waals surface area contributed by atoms with Crippen molar-refractivity contribution < 1.29 is 9.53 Å². The SMILES string of the molecule is COc1ccc(=O)n(C2CCN(C(=O)CCCc3cn4c(C)ccc4c(=O)[nH]3)CC2)n1. The Labute approximate surface area is 179 Å². The zero-order valence-electron chi connectivity index (χ0n) is 17.8. The molecule has 0 saturated carbocycles. The van der Waals surface area contributed by atoms with Crippen LogP contribution in [0.2, 0.25) is 0 Å². The van der Waals surface area contributed by atoms with E-state index >= 15 is 0 Å². The lowest BCUT2D eigenvalue weighted by atomic mass is 10.0. The first-order valence-electron chi connectivity index (χ1n) is 10.6. The summed E-state index contributed by atoms with van der Waals surface area (Å²) in [6, 6.07) is 6.70. The number of carbonyl (C=O) groups excluding carboxylic acids is 1. The van der Waals surface area contributed by atoms with Crippen molar-refractivity contribution in [2.75, 3.05) is 20.2 Å². The normalized spacial score (nSPS) is 14.8. The first-order chi connectivity index (χ1) is 15.0. The lowest BCUT2D eigenvalue weighted by Gasteiger charge is -2.32. The van der Waals surface area contributed by atoms with Gasteiger partial charge in [-0.15, -0.1) is 5.10 Å². The van der Waals surface area contributed by atoms with Crippen molar-refractivity contribution in [3.05, 3.63) is 62.6 Å². The first kappa shape index (κ1) is 20.9. The summed E-state index contributed by atoms with van der Waals surface area (Å²) in [6.45, 7) is 3.15. The van der Waals surface area contributed by atoms with E-state index in [0.29, 0.717) is 56.6 Å². The predicted octanol–water partition coefficient (Wildman–Crippen LogP) is 1.69. The molecule has 0 bridgehead atoms. The Morgan fingerprint density at radius 3 is 2.71 bits per heavy atom. The third-order valence-electron chi connectivity index (χ3n) is 5.92. The van der Waals surface area contributed by atoms with Crippen molar-refractivity contribution >= 4 is 11.4 Å². The maximum Gasteiger partial charge on any atom is 0.272 e. The Hall–Kier alpha value is -3.36. The fourth-order valence-electron chi connectivity index (χ4n) is 4.16. The standard InChI is InChI=1S/C22H27N5O4/c1-15-6-7-18-22(30)23-16(14-26(15)18)4-3-5-20(28)25-12-10-17(11-13-25)27-21(29)9-8-19(24-27)31-2/h6-9,14,17H,3-5,10-13H2,1-2H3,(H,23,30). The van der Waals surface area contributed by atoms with Gasteiger partial charge in [-0.1, -0.05) is 0 Å². The van der Waals surface area contributed by atoms with Crippen LogP contribution in [0.15, 0.2) is 40.1 Å². The lowest BCUT2D eigenvalue weighted by Crippen LogP contribution is -2.41. The molecule has 1 amide bonds. The van der Waals surface area contributed by atoms with Crippen molar-refractivity contribution in [2.45, 2.75) is 45.1 Å². The molecule has 1 aliphatic heterocycles. The summed E-state index contributed by atoms with van der Waals surface area (Å²) in [5, 5.41) is 4.25. The van der Waals surface area contributed by atoms with Crippen molar-refractivity contribution in [1.82, 2.24) is 24.1 Å². The van der Waals surface area contributed by atoms with Crippen LogP contribution in [0.5, 0.6) is 5.88 Å². The molecule has 3 aromatic heterocycles. The van der Waals surface area contributed by atoms with E-state index in [9.17, 15) is 14.4 Å². The molecule has 0 spiro atoms. The minimum atomic E-state index is -0.158. The van der Waals surface area contributed by atoms with Crippen molar-refractivity contribution in [3.63, 3.8) is 0 Å². The van der Waals surface area contributed by atoms with Gasteiger partial charge in [0.25, 0.3) is 11.1 Å². The number of carbonyl (C=O) groups is 1. The highest BCUT2D eigenvalue weighted by atomic mass is 16.5. The number of aryl methyl sites for hydroxylation is 2. The number of ether oxygens (including phenoxy) is 1. The van der Waals surface area contributed by atoms with Gasteiger partial charge in [0, 0.05) is 49.2 Å². The Morgan fingerprint density at radius 2 is 1.97 bits per heavy atom. The van der Waals surface area contributed by atoms with E-state index in [2.05, 4.69) is 10.1 Å². The van der Waals surface area contributed by atoms with Gasteiger partial charge in [0.1, 0.15) is 5.52 Å². The van der Waals surface area contributed by atoms with Crippen molar-refractivity contribution in [3.8, 4) is 5.88 Å². The number of methoxy groups -OCH3 is 1. The molecule has 1 N–H and O–H groups in total. The van der Waals surface area contributed by atoms with Crippen LogP contribution >= 0.6 is 0 Å². The molecule has 1 aliphatic rings. The Kier molecular flexibility index (Phi) is 5.92. The lowest BCUT2D eigenvalue weighted by molar-refractivity contribution is -0.132. The zero-order valence-corrected chi connectivity index (χ0v) is 17.8. The van der Waals surface area contributed by atoms with Crippen LogP contribution in [-0.4, -0.2) is 50.2 Å². The molecule has 0 aromatic carbocycles. The number of fused-ring (bicyclic) bond motifs is 1. The molecule has 0 radical (unpaired) electrons. The van der Waals surface area contributed by atoms with Gasteiger partial charge in [-0.05, 0) is 44.7 Å². The summed E-state index contributed by atoms with van der Waals surface area (Å²) in [5.74, 6) is 0.509.